The van der Waals surface area contributed by atoms with E-state index in [9.17, 15) is 4.79 Å². The van der Waals surface area contributed by atoms with Crippen LogP contribution >= 0.6 is 22.6 Å². The summed E-state index contributed by atoms with van der Waals surface area (Å²) in [6, 6.07) is 5.72. The molecule has 0 N–H and O–H groups in total. The van der Waals surface area contributed by atoms with Gasteiger partial charge in [-0.1, -0.05) is 0 Å². The van der Waals surface area contributed by atoms with Crippen LogP contribution < -0.4 is 0 Å². The van der Waals surface area contributed by atoms with Crippen molar-refractivity contribution in [3.63, 3.8) is 0 Å². The molecule has 0 aliphatic rings. The van der Waals surface area contributed by atoms with Crippen LogP contribution in [0.1, 0.15) is 28.8 Å². The Kier molecular flexibility index (Phi) is 4.24. The Balaban J connectivity index is 2.55. The highest BCUT2D eigenvalue weighted by molar-refractivity contribution is 14.1. The van der Waals surface area contributed by atoms with Gasteiger partial charge in [-0.25, -0.2) is 4.79 Å². The average molecular weight is 370 g/mol. The summed E-state index contributed by atoms with van der Waals surface area (Å²) in [5.41, 5.74) is 3.36. The van der Waals surface area contributed by atoms with Crippen molar-refractivity contribution in [2.75, 3.05) is 6.61 Å². The van der Waals surface area contributed by atoms with E-state index in [4.69, 9.17) is 4.74 Å². The summed E-state index contributed by atoms with van der Waals surface area (Å²) in [5, 5.41) is 0. The number of hydrogen-bond donors (Lipinski definition) is 0. The summed E-state index contributed by atoms with van der Waals surface area (Å²) >= 11 is 2.22. The minimum Gasteiger partial charge on any atom is -0.461 e. The molecule has 2 heterocycles. The lowest BCUT2D eigenvalue weighted by molar-refractivity contribution is 0.0517. The van der Waals surface area contributed by atoms with Crippen LogP contribution in [0.15, 0.2) is 24.4 Å². The fraction of sp³-hybridized carbons (Fsp3) is 0.286. The van der Waals surface area contributed by atoms with Crippen LogP contribution in [0.5, 0.6) is 0 Å². The van der Waals surface area contributed by atoms with E-state index in [-0.39, 0.29) is 5.97 Å². The van der Waals surface area contributed by atoms with Gasteiger partial charge in [0.1, 0.15) is 5.69 Å². The molecule has 4 nitrogen and oxygen atoms in total. The van der Waals surface area contributed by atoms with Gasteiger partial charge in [0.2, 0.25) is 0 Å². The maximum atomic E-state index is 12.0. The molecule has 0 amide bonds. The molecule has 0 radical (unpaired) electrons. The van der Waals surface area contributed by atoms with Gasteiger partial charge in [-0.05, 0) is 61.6 Å². The molecule has 0 atom stereocenters. The van der Waals surface area contributed by atoms with Gasteiger partial charge in [0.15, 0.2) is 0 Å². The summed E-state index contributed by atoms with van der Waals surface area (Å²) in [6.07, 6.45) is 1.77. The van der Waals surface area contributed by atoms with Crippen molar-refractivity contribution in [1.82, 2.24) is 9.55 Å². The maximum Gasteiger partial charge on any atom is 0.355 e. The number of halogens is 1. The van der Waals surface area contributed by atoms with Crippen LogP contribution in [0.3, 0.4) is 0 Å². The Morgan fingerprint density at radius 1 is 1.42 bits per heavy atom. The summed E-state index contributed by atoms with van der Waals surface area (Å²) < 4.78 is 8.01. The van der Waals surface area contributed by atoms with Crippen molar-refractivity contribution >= 4 is 28.6 Å². The highest BCUT2D eigenvalue weighted by Crippen LogP contribution is 2.23. The van der Waals surface area contributed by atoms with E-state index in [2.05, 4.69) is 27.6 Å². The molecule has 2 aromatic heterocycles. The maximum absolute atomic E-state index is 12.0. The number of hydrogen-bond acceptors (Lipinski definition) is 3. The van der Waals surface area contributed by atoms with Gasteiger partial charge in [0.05, 0.1) is 18.5 Å². The van der Waals surface area contributed by atoms with Crippen LogP contribution in [-0.4, -0.2) is 22.1 Å². The molecule has 5 heteroatoms. The van der Waals surface area contributed by atoms with Gasteiger partial charge in [0, 0.05) is 15.0 Å². The lowest BCUT2D eigenvalue weighted by atomic mass is 10.3. The number of aromatic nitrogens is 2. The summed E-state index contributed by atoms with van der Waals surface area (Å²) in [5.74, 6) is -0.311. The second-order valence-corrected chi connectivity index (χ2v) is 5.34. The number of rotatable bonds is 3. The van der Waals surface area contributed by atoms with E-state index in [1.54, 1.807) is 13.1 Å². The first kappa shape index (κ1) is 14.0. The molecule has 2 aromatic rings. The summed E-state index contributed by atoms with van der Waals surface area (Å²) in [6.45, 7) is 6.08. The van der Waals surface area contributed by atoms with Crippen molar-refractivity contribution < 1.29 is 9.53 Å². The quantitative estimate of drug-likeness (QED) is 0.615. The zero-order valence-corrected chi connectivity index (χ0v) is 13.3. The van der Waals surface area contributed by atoms with Crippen molar-refractivity contribution in [3.05, 3.63) is 45.0 Å². The standard InChI is InChI=1S/C14H15IN2O2/c1-4-19-14(18)13-7-12(15)10(3)17(13)11-6-5-9(2)16-8-11/h5-8H,4H2,1-3H3. The zero-order valence-electron chi connectivity index (χ0n) is 11.1. The number of carbonyl (C=O) groups excluding carboxylic acids is 1. The average Bonchev–Trinajstić information content (AvgIpc) is 2.68. The van der Waals surface area contributed by atoms with Gasteiger partial charge < -0.3 is 9.30 Å². The van der Waals surface area contributed by atoms with Gasteiger partial charge in [-0.15, -0.1) is 0 Å². The lowest BCUT2D eigenvalue weighted by Crippen LogP contribution is -2.12. The molecule has 100 valence electrons. The second kappa shape index (κ2) is 5.73. The van der Waals surface area contributed by atoms with E-state index in [0.29, 0.717) is 12.3 Å². The highest BCUT2D eigenvalue weighted by atomic mass is 127. The molecule has 0 fully saturated rings. The minimum absolute atomic E-state index is 0.311. The van der Waals surface area contributed by atoms with Gasteiger partial charge >= 0.3 is 5.97 Å². The third-order valence-corrected chi connectivity index (χ3v) is 3.92. The van der Waals surface area contributed by atoms with E-state index in [0.717, 1.165) is 20.6 Å². The Bertz CT molecular complexity index is 603. The molecule has 19 heavy (non-hydrogen) atoms. The summed E-state index contributed by atoms with van der Waals surface area (Å²) in [4.78, 5) is 16.3. The Morgan fingerprint density at radius 2 is 2.16 bits per heavy atom. The molecule has 0 aliphatic heterocycles. The largest absolute Gasteiger partial charge is 0.461 e. The van der Waals surface area contributed by atoms with Crippen LogP contribution in [-0.2, 0) is 4.74 Å². The minimum atomic E-state index is -0.311. The molecular formula is C14H15IN2O2. The Morgan fingerprint density at radius 3 is 2.74 bits per heavy atom. The Labute approximate surface area is 125 Å². The van der Waals surface area contributed by atoms with Gasteiger partial charge in [0.25, 0.3) is 0 Å². The first-order valence-corrected chi connectivity index (χ1v) is 7.10. The molecule has 0 saturated carbocycles. The first-order valence-electron chi connectivity index (χ1n) is 6.02. The number of ether oxygens (including phenoxy) is 1. The topological polar surface area (TPSA) is 44.1 Å². The fourth-order valence-electron chi connectivity index (χ4n) is 1.86. The highest BCUT2D eigenvalue weighted by Gasteiger charge is 2.18. The SMILES string of the molecule is CCOC(=O)c1cc(I)c(C)n1-c1ccc(C)nc1. The molecule has 0 saturated heterocycles. The molecule has 0 unspecified atom stereocenters. The molecule has 2 rings (SSSR count). The zero-order chi connectivity index (χ0) is 14.0. The number of aryl methyl sites for hydroxylation is 1. The van der Waals surface area contributed by atoms with Crippen molar-refractivity contribution in [3.8, 4) is 5.69 Å². The summed E-state index contributed by atoms with van der Waals surface area (Å²) in [7, 11) is 0. The van der Waals surface area contributed by atoms with Crippen molar-refractivity contribution in [2.24, 2.45) is 0 Å². The van der Waals surface area contributed by atoms with E-state index in [1.807, 2.05) is 36.6 Å². The second-order valence-electron chi connectivity index (χ2n) is 4.18. The van der Waals surface area contributed by atoms with Crippen LogP contribution in [0, 0.1) is 17.4 Å². The fourth-order valence-corrected chi connectivity index (χ4v) is 2.39. The number of pyridine rings is 1. The molecule has 0 spiro atoms. The predicted octanol–water partition coefficient (Wildman–Crippen LogP) is 3.27. The smallest absolute Gasteiger partial charge is 0.355 e. The predicted molar refractivity (Wildman–Crippen MR) is 81.7 cm³/mol. The third-order valence-electron chi connectivity index (χ3n) is 2.82. The normalized spacial score (nSPS) is 10.5. The number of carbonyl (C=O) groups is 1. The van der Waals surface area contributed by atoms with Gasteiger partial charge in [-0.3, -0.25) is 4.98 Å². The third kappa shape index (κ3) is 2.80. The molecule has 0 aromatic carbocycles. The van der Waals surface area contributed by atoms with Crippen molar-refractivity contribution in [1.29, 1.82) is 0 Å². The lowest BCUT2D eigenvalue weighted by Gasteiger charge is -2.10. The van der Waals surface area contributed by atoms with E-state index in [1.165, 1.54) is 0 Å². The van der Waals surface area contributed by atoms with Crippen LogP contribution in [0.4, 0.5) is 0 Å². The molecule has 0 bridgehead atoms. The monoisotopic (exact) mass is 370 g/mol. The van der Waals surface area contributed by atoms with E-state index < -0.39 is 0 Å². The van der Waals surface area contributed by atoms with Crippen LogP contribution in [0.2, 0.25) is 0 Å². The Hall–Kier alpha value is -1.37. The van der Waals surface area contributed by atoms with Crippen molar-refractivity contribution in [2.45, 2.75) is 20.8 Å². The van der Waals surface area contributed by atoms with Crippen LogP contribution in [0.25, 0.3) is 5.69 Å². The molecular weight excluding hydrogens is 355 g/mol. The number of esters is 1. The van der Waals surface area contributed by atoms with E-state index >= 15 is 0 Å². The number of nitrogens with zero attached hydrogens (tertiary/aromatic N) is 2. The van der Waals surface area contributed by atoms with Gasteiger partial charge in [-0.2, -0.15) is 0 Å². The first-order chi connectivity index (χ1) is 9.04. The molecule has 0 aliphatic carbocycles.